The lowest BCUT2D eigenvalue weighted by Crippen LogP contribution is -2.11. The van der Waals surface area contributed by atoms with Crippen molar-refractivity contribution in [3.8, 4) is 0 Å². The van der Waals surface area contributed by atoms with Crippen molar-refractivity contribution in [2.75, 3.05) is 0 Å². The molecule has 1 aromatic rings. The lowest BCUT2D eigenvalue weighted by Gasteiger charge is -2.09. The number of rotatable bonds is 2. The van der Waals surface area contributed by atoms with Gasteiger partial charge in [0.1, 0.15) is 5.82 Å². The fourth-order valence-corrected chi connectivity index (χ4v) is 1.14. The molecular weight excluding hydrogens is 193 g/mol. The van der Waals surface area contributed by atoms with E-state index in [-0.39, 0.29) is 5.69 Å². The molecule has 1 heterocycles. The minimum atomic E-state index is -4.35. The van der Waals surface area contributed by atoms with Crippen LogP contribution in [0.5, 0.6) is 0 Å². The second kappa shape index (κ2) is 3.94. The van der Waals surface area contributed by atoms with Crippen LogP contribution in [0.1, 0.15) is 30.4 Å². The average Bonchev–Trinajstić information content (AvgIpc) is 2.02. The molecule has 2 nitrogen and oxygen atoms in total. The summed E-state index contributed by atoms with van der Waals surface area (Å²) in [5, 5.41) is 0. The van der Waals surface area contributed by atoms with E-state index in [1.165, 1.54) is 6.92 Å². The van der Waals surface area contributed by atoms with Gasteiger partial charge < -0.3 is 0 Å². The van der Waals surface area contributed by atoms with Gasteiger partial charge in [0.05, 0.1) is 11.3 Å². The normalized spacial score (nSPS) is 11.8. The maximum absolute atomic E-state index is 12.3. The number of nitrogens with zero attached hydrogens (tertiary/aromatic N) is 2. The highest BCUT2D eigenvalue weighted by molar-refractivity contribution is 5.19. The number of hydrogen-bond donors (Lipinski definition) is 0. The average molecular weight is 204 g/mol. The minimum Gasteiger partial charge on any atom is -0.241 e. The fraction of sp³-hybridized carbons (Fsp3) is 0.556. The number of halogens is 3. The molecule has 0 aliphatic carbocycles. The lowest BCUT2D eigenvalue weighted by molar-refractivity contribution is -0.138. The molecule has 0 bridgehead atoms. The topological polar surface area (TPSA) is 25.8 Å². The SMILES string of the molecule is CCCc1ncc(C(F)(F)F)c(C)n1. The molecule has 0 saturated carbocycles. The third-order valence-corrected chi connectivity index (χ3v) is 1.81. The van der Waals surface area contributed by atoms with Crippen LogP contribution in [-0.4, -0.2) is 9.97 Å². The first-order valence-corrected chi connectivity index (χ1v) is 4.35. The molecule has 0 N–H and O–H groups in total. The largest absolute Gasteiger partial charge is 0.419 e. The molecule has 0 spiro atoms. The van der Waals surface area contributed by atoms with Gasteiger partial charge in [-0.15, -0.1) is 0 Å². The molecule has 0 saturated heterocycles. The molecular formula is C9H11F3N2. The van der Waals surface area contributed by atoms with E-state index in [4.69, 9.17) is 0 Å². The minimum absolute atomic E-state index is 0.00375. The van der Waals surface area contributed by atoms with Crippen LogP contribution in [-0.2, 0) is 12.6 Å². The lowest BCUT2D eigenvalue weighted by atomic mass is 10.2. The maximum atomic E-state index is 12.3. The molecule has 0 aliphatic rings. The zero-order chi connectivity index (χ0) is 10.8. The van der Waals surface area contributed by atoms with Crippen molar-refractivity contribution >= 4 is 0 Å². The van der Waals surface area contributed by atoms with Gasteiger partial charge in [-0.05, 0) is 13.3 Å². The van der Waals surface area contributed by atoms with Crippen molar-refractivity contribution in [3.05, 3.63) is 23.3 Å². The molecule has 78 valence electrons. The van der Waals surface area contributed by atoms with Gasteiger partial charge >= 0.3 is 6.18 Å². The van der Waals surface area contributed by atoms with E-state index in [9.17, 15) is 13.2 Å². The number of aromatic nitrogens is 2. The van der Waals surface area contributed by atoms with Crippen LogP contribution in [0, 0.1) is 6.92 Å². The summed E-state index contributed by atoms with van der Waals surface area (Å²) in [6.45, 7) is 3.28. The van der Waals surface area contributed by atoms with Crippen molar-refractivity contribution in [2.24, 2.45) is 0 Å². The molecule has 1 rings (SSSR count). The van der Waals surface area contributed by atoms with E-state index in [2.05, 4.69) is 9.97 Å². The highest BCUT2D eigenvalue weighted by Crippen LogP contribution is 2.30. The first-order chi connectivity index (χ1) is 6.45. The Morgan fingerprint density at radius 1 is 1.36 bits per heavy atom. The fourth-order valence-electron chi connectivity index (χ4n) is 1.14. The van der Waals surface area contributed by atoms with E-state index < -0.39 is 11.7 Å². The van der Waals surface area contributed by atoms with Crippen LogP contribution >= 0.6 is 0 Å². The number of hydrogen-bond acceptors (Lipinski definition) is 2. The Bertz CT molecular complexity index is 320. The van der Waals surface area contributed by atoms with E-state index in [0.29, 0.717) is 12.2 Å². The van der Waals surface area contributed by atoms with Crippen LogP contribution in [0.15, 0.2) is 6.20 Å². The summed E-state index contributed by atoms with van der Waals surface area (Å²) < 4.78 is 36.9. The highest BCUT2D eigenvalue weighted by Gasteiger charge is 2.33. The Morgan fingerprint density at radius 2 is 2.00 bits per heavy atom. The number of aryl methyl sites for hydroxylation is 2. The van der Waals surface area contributed by atoms with E-state index in [1.54, 1.807) is 0 Å². The van der Waals surface area contributed by atoms with E-state index in [1.807, 2.05) is 6.92 Å². The van der Waals surface area contributed by atoms with Crippen molar-refractivity contribution in [2.45, 2.75) is 32.9 Å². The highest BCUT2D eigenvalue weighted by atomic mass is 19.4. The summed E-state index contributed by atoms with van der Waals surface area (Å²) in [6, 6.07) is 0. The van der Waals surface area contributed by atoms with Gasteiger partial charge in [-0.3, -0.25) is 0 Å². The van der Waals surface area contributed by atoms with Crippen LogP contribution < -0.4 is 0 Å². The van der Waals surface area contributed by atoms with Gasteiger partial charge in [0.25, 0.3) is 0 Å². The predicted octanol–water partition coefficient (Wildman–Crippen LogP) is 2.76. The number of alkyl halides is 3. The Labute approximate surface area is 80.2 Å². The second-order valence-corrected chi connectivity index (χ2v) is 3.03. The second-order valence-electron chi connectivity index (χ2n) is 3.03. The van der Waals surface area contributed by atoms with Crippen molar-refractivity contribution in [3.63, 3.8) is 0 Å². The Morgan fingerprint density at radius 3 is 2.43 bits per heavy atom. The smallest absolute Gasteiger partial charge is 0.241 e. The van der Waals surface area contributed by atoms with Crippen molar-refractivity contribution in [1.82, 2.24) is 9.97 Å². The molecule has 5 heteroatoms. The molecule has 0 atom stereocenters. The van der Waals surface area contributed by atoms with Crippen LogP contribution in [0.2, 0.25) is 0 Å². The molecule has 0 unspecified atom stereocenters. The molecule has 0 fully saturated rings. The molecule has 0 aromatic carbocycles. The standard InChI is InChI=1S/C9H11F3N2/c1-3-4-8-13-5-7(6(2)14-8)9(10,11)12/h5H,3-4H2,1-2H3. The Kier molecular flexibility index (Phi) is 3.08. The maximum Gasteiger partial charge on any atom is 0.419 e. The van der Waals surface area contributed by atoms with Gasteiger partial charge in [0.2, 0.25) is 0 Å². The molecule has 0 aliphatic heterocycles. The Balaban J connectivity index is 3.02. The van der Waals surface area contributed by atoms with Gasteiger partial charge in [0.15, 0.2) is 0 Å². The molecule has 1 aromatic heterocycles. The summed E-state index contributed by atoms with van der Waals surface area (Å²) in [7, 11) is 0. The van der Waals surface area contributed by atoms with E-state index >= 15 is 0 Å². The van der Waals surface area contributed by atoms with Crippen LogP contribution in [0.3, 0.4) is 0 Å². The van der Waals surface area contributed by atoms with Crippen LogP contribution in [0.4, 0.5) is 13.2 Å². The molecule has 14 heavy (non-hydrogen) atoms. The van der Waals surface area contributed by atoms with Crippen molar-refractivity contribution in [1.29, 1.82) is 0 Å². The third kappa shape index (κ3) is 2.43. The van der Waals surface area contributed by atoms with Crippen molar-refractivity contribution < 1.29 is 13.2 Å². The quantitative estimate of drug-likeness (QED) is 0.740. The van der Waals surface area contributed by atoms with Gasteiger partial charge in [-0.2, -0.15) is 13.2 Å². The molecule has 0 amide bonds. The first kappa shape index (κ1) is 10.9. The van der Waals surface area contributed by atoms with Gasteiger partial charge in [-0.25, -0.2) is 9.97 Å². The van der Waals surface area contributed by atoms with E-state index in [0.717, 1.165) is 12.6 Å². The summed E-state index contributed by atoms with van der Waals surface area (Å²) in [5.74, 6) is 0.470. The molecule has 0 radical (unpaired) electrons. The van der Waals surface area contributed by atoms with Crippen LogP contribution in [0.25, 0.3) is 0 Å². The van der Waals surface area contributed by atoms with Gasteiger partial charge in [0, 0.05) is 12.6 Å². The predicted molar refractivity (Wildman–Crippen MR) is 45.8 cm³/mol. The summed E-state index contributed by atoms with van der Waals surface area (Å²) in [5.41, 5.74) is -0.756. The summed E-state index contributed by atoms with van der Waals surface area (Å²) >= 11 is 0. The van der Waals surface area contributed by atoms with Gasteiger partial charge in [-0.1, -0.05) is 6.92 Å². The zero-order valence-corrected chi connectivity index (χ0v) is 8.02. The summed E-state index contributed by atoms with van der Waals surface area (Å²) in [6.07, 6.45) is -2.06. The third-order valence-electron chi connectivity index (χ3n) is 1.81. The summed E-state index contributed by atoms with van der Waals surface area (Å²) in [4.78, 5) is 7.46. The Hall–Kier alpha value is -1.13. The first-order valence-electron chi connectivity index (χ1n) is 4.35. The monoisotopic (exact) mass is 204 g/mol. The zero-order valence-electron chi connectivity index (χ0n) is 8.02.